The number of hydrogen-bond donors (Lipinski definition) is 3. The van der Waals surface area contributed by atoms with Crippen LogP contribution in [0.4, 0.5) is 0 Å². The Bertz CT molecular complexity index is 772. The second-order valence-corrected chi connectivity index (χ2v) is 10.4. The third-order valence-corrected chi connectivity index (χ3v) is 7.76. The lowest BCUT2D eigenvalue weighted by Gasteiger charge is -2.39. The number of carbonyl (C=O) groups excluding carboxylic acids is 2. The van der Waals surface area contributed by atoms with Crippen molar-refractivity contribution in [2.45, 2.75) is 81.5 Å². The number of benzene rings is 1. The van der Waals surface area contributed by atoms with Crippen LogP contribution in [0.1, 0.15) is 57.8 Å². The van der Waals surface area contributed by atoms with Gasteiger partial charge < -0.3 is 15.4 Å². The van der Waals surface area contributed by atoms with E-state index >= 15 is 0 Å². The van der Waals surface area contributed by atoms with Gasteiger partial charge in [0.1, 0.15) is 11.2 Å². The maximum atomic E-state index is 12.4. The number of nitrogens with one attached hydrogen (secondary N) is 3. The molecule has 2 saturated carbocycles. The van der Waals surface area contributed by atoms with Crippen LogP contribution < -0.4 is 20.7 Å². The summed E-state index contributed by atoms with van der Waals surface area (Å²) >= 11 is 7.63. The van der Waals surface area contributed by atoms with Gasteiger partial charge in [0.2, 0.25) is 11.8 Å². The van der Waals surface area contributed by atoms with Crippen LogP contribution in [0.15, 0.2) is 24.3 Å². The van der Waals surface area contributed by atoms with E-state index < -0.39 is 0 Å². The van der Waals surface area contributed by atoms with Crippen LogP contribution in [0, 0.1) is 5.92 Å². The number of halogens is 1. The van der Waals surface area contributed by atoms with Crippen LogP contribution in [0.5, 0.6) is 5.75 Å². The lowest BCUT2D eigenvalue weighted by molar-refractivity contribution is -0.129. The van der Waals surface area contributed by atoms with E-state index in [1.165, 1.54) is 6.42 Å². The topological polar surface area (TPSA) is 79.5 Å². The number of rotatable bonds is 7. The van der Waals surface area contributed by atoms with Crippen molar-refractivity contribution in [1.29, 1.82) is 0 Å². The van der Waals surface area contributed by atoms with Gasteiger partial charge in [-0.3, -0.25) is 14.9 Å². The van der Waals surface area contributed by atoms with Gasteiger partial charge in [-0.05, 0) is 56.7 Å². The molecule has 31 heavy (non-hydrogen) atoms. The molecule has 3 atom stereocenters. The summed E-state index contributed by atoms with van der Waals surface area (Å²) in [5.41, 5.74) is -0.0845. The number of amides is 2. The maximum absolute atomic E-state index is 12.4. The molecule has 1 aromatic rings. The highest BCUT2D eigenvalue weighted by Crippen LogP contribution is 2.29. The molecule has 1 aliphatic heterocycles. The smallest absolute Gasteiger partial charge is 0.226 e. The van der Waals surface area contributed by atoms with Gasteiger partial charge in [-0.1, -0.05) is 30.5 Å². The minimum absolute atomic E-state index is 0.0845. The highest BCUT2D eigenvalue weighted by atomic mass is 35.5. The zero-order valence-electron chi connectivity index (χ0n) is 17.8. The fraction of sp³-hybridized carbons (Fsp3) is 0.652. The number of hydrogen-bond acceptors (Lipinski definition) is 5. The molecular formula is C23H32ClN3O3S. The van der Waals surface area contributed by atoms with Gasteiger partial charge in [-0.15, -0.1) is 11.8 Å². The molecule has 0 spiro atoms. The second-order valence-electron chi connectivity index (χ2n) is 8.79. The molecule has 3 fully saturated rings. The van der Waals surface area contributed by atoms with E-state index in [4.69, 9.17) is 16.3 Å². The Kier molecular flexibility index (Phi) is 8.02. The summed E-state index contributed by atoms with van der Waals surface area (Å²) in [6.07, 6.45) is 8.71. The number of fused-ring (bicyclic) bond motifs is 1. The average molecular weight is 466 g/mol. The monoisotopic (exact) mass is 465 g/mol. The summed E-state index contributed by atoms with van der Waals surface area (Å²) < 4.78 is 6.03. The highest BCUT2D eigenvalue weighted by molar-refractivity contribution is 7.99. The van der Waals surface area contributed by atoms with E-state index in [1.54, 1.807) is 11.8 Å². The van der Waals surface area contributed by atoms with Gasteiger partial charge in [0.05, 0.1) is 12.0 Å². The molecule has 2 amide bonds. The molecule has 0 radical (unpaired) electrons. The Morgan fingerprint density at radius 1 is 1.16 bits per heavy atom. The van der Waals surface area contributed by atoms with Crippen molar-refractivity contribution in [1.82, 2.24) is 16.0 Å². The highest BCUT2D eigenvalue weighted by Gasteiger charge is 2.37. The first-order valence-electron chi connectivity index (χ1n) is 11.5. The van der Waals surface area contributed by atoms with E-state index in [0.717, 1.165) is 50.7 Å². The molecule has 1 aromatic carbocycles. The van der Waals surface area contributed by atoms with E-state index in [-0.39, 0.29) is 41.4 Å². The van der Waals surface area contributed by atoms with Gasteiger partial charge in [-0.2, -0.15) is 0 Å². The zero-order valence-corrected chi connectivity index (χ0v) is 19.4. The minimum atomic E-state index is -0.0845. The third kappa shape index (κ3) is 6.53. The van der Waals surface area contributed by atoms with Crippen LogP contribution in [0.2, 0.25) is 5.02 Å². The van der Waals surface area contributed by atoms with Crippen molar-refractivity contribution in [2.75, 3.05) is 5.75 Å². The van der Waals surface area contributed by atoms with Crippen molar-refractivity contribution >= 4 is 35.2 Å². The zero-order chi connectivity index (χ0) is 21.6. The first-order chi connectivity index (χ1) is 15.1. The van der Waals surface area contributed by atoms with Gasteiger partial charge in [0.15, 0.2) is 0 Å². The fourth-order valence-electron chi connectivity index (χ4n) is 4.83. The van der Waals surface area contributed by atoms with Gasteiger partial charge >= 0.3 is 0 Å². The maximum Gasteiger partial charge on any atom is 0.226 e. The molecule has 1 saturated heterocycles. The summed E-state index contributed by atoms with van der Waals surface area (Å²) in [7, 11) is 0. The Morgan fingerprint density at radius 2 is 1.97 bits per heavy atom. The molecule has 3 unspecified atom stereocenters. The van der Waals surface area contributed by atoms with Crippen LogP contribution in [-0.2, 0) is 9.59 Å². The fourth-order valence-corrected chi connectivity index (χ4v) is 6.02. The largest absolute Gasteiger partial charge is 0.490 e. The van der Waals surface area contributed by atoms with E-state index in [0.29, 0.717) is 17.2 Å². The first-order valence-corrected chi connectivity index (χ1v) is 12.9. The lowest BCUT2D eigenvalue weighted by Crippen LogP contribution is -2.60. The van der Waals surface area contributed by atoms with Crippen molar-refractivity contribution in [2.24, 2.45) is 5.92 Å². The van der Waals surface area contributed by atoms with Gasteiger partial charge in [0, 0.05) is 29.3 Å². The van der Waals surface area contributed by atoms with Crippen LogP contribution in [0.3, 0.4) is 0 Å². The normalized spacial score (nSPS) is 30.7. The minimum Gasteiger partial charge on any atom is -0.490 e. The molecule has 0 bridgehead atoms. The number of carbonyl (C=O) groups is 2. The van der Waals surface area contributed by atoms with E-state index in [2.05, 4.69) is 16.0 Å². The Morgan fingerprint density at radius 3 is 2.77 bits per heavy atom. The molecule has 3 N–H and O–H groups in total. The number of thioether (sulfide) groups is 1. The quantitative estimate of drug-likeness (QED) is 0.570. The van der Waals surface area contributed by atoms with E-state index in [1.807, 2.05) is 24.3 Å². The van der Waals surface area contributed by atoms with Crippen LogP contribution in [0.25, 0.3) is 0 Å². The summed E-state index contributed by atoms with van der Waals surface area (Å²) in [5, 5.41) is 10.5. The molecule has 3 aliphatic rings. The van der Waals surface area contributed by atoms with Gasteiger partial charge in [0.25, 0.3) is 0 Å². The first kappa shape index (κ1) is 22.7. The molecule has 2 aliphatic carbocycles. The predicted octanol–water partition coefficient (Wildman–Crippen LogP) is 3.83. The Labute approximate surface area is 193 Å². The molecule has 1 heterocycles. The third-order valence-electron chi connectivity index (χ3n) is 6.49. The summed E-state index contributed by atoms with van der Waals surface area (Å²) in [6, 6.07) is 8.00. The van der Waals surface area contributed by atoms with Crippen LogP contribution >= 0.6 is 23.4 Å². The summed E-state index contributed by atoms with van der Waals surface area (Å²) in [4.78, 5) is 24.7. The Balaban J connectivity index is 1.11. The molecule has 0 aromatic heterocycles. The SMILES string of the molecule is O=C(CCSC1NC(=O)C2CCCCC2N1)NC1CCC(Oc2cccc(Cl)c2)CC1. The molecule has 4 rings (SSSR count). The van der Waals surface area contributed by atoms with Crippen molar-refractivity contribution < 1.29 is 14.3 Å². The average Bonchev–Trinajstić information content (AvgIpc) is 2.75. The molecule has 170 valence electrons. The number of ether oxygens (including phenoxy) is 1. The predicted molar refractivity (Wildman–Crippen MR) is 124 cm³/mol. The van der Waals surface area contributed by atoms with E-state index in [9.17, 15) is 9.59 Å². The molecular weight excluding hydrogens is 434 g/mol. The van der Waals surface area contributed by atoms with Gasteiger partial charge in [-0.25, -0.2) is 0 Å². The molecule has 6 nitrogen and oxygen atoms in total. The molecule has 8 heteroatoms. The van der Waals surface area contributed by atoms with Crippen molar-refractivity contribution in [3.8, 4) is 5.75 Å². The summed E-state index contributed by atoms with van der Waals surface area (Å²) in [5.74, 6) is 1.87. The van der Waals surface area contributed by atoms with Crippen LogP contribution in [-0.4, -0.2) is 41.3 Å². The summed E-state index contributed by atoms with van der Waals surface area (Å²) in [6.45, 7) is 0. The van der Waals surface area contributed by atoms with Crippen molar-refractivity contribution in [3.63, 3.8) is 0 Å². The second kappa shape index (κ2) is 10.9. The lowest BCUT2D eigenvalue weighted by atomic mass is 9.83. The van der Waals surface area contributed by atoms with Crippen molar-refractivity contribution in [3.05, 3.63) is 29.3 Å². The Hall–Kier alpha value is -1.44. The standard InChI is InChI=1S/C23H32ClN3O3S/c24-15-4-3-5-18(14-15)30-17-10-8-16(9-11-17)25-21(28)12-13-31-23-26-20-7-2-1-6-19(20)22(29)27-23/h3-5,14,16-17,19-20,23,26H,1-2,6-13H2,(H,25,28)(H,27,29).